The van der Waals surface area contributed by atoms with Gasteiger partial charge in [0.05, 0.1) is 34.1 Å². The van der Waals surface area contributed by atoms with E-state index in [1.54, 1.807) is 13.0 Å². The molecule has 0 aliphatic carbocycles. The van der Waals surface area contributed by atoms with Gasteiger partial charge >= 0.3 is 5.97 Å². The average Bonchev–Trinajstić information content (AvgIpc) is 2.33. The van der Waals surface area contributed by atoms with Crippen molar-refractivity contribution in [1.82, 2.24) is 0 Å². The highest BCUT2D eigenvalue weighted by Gasteiger charge is 2.22. The molecule has 0 aromatic heterocycles. The number of hydrogen-bond acceptors (Lipinski definition) is 4. The molecule has 0 bridgehead atoms. The van der Waals surface area contributed by atoms with Crippen molar-refractivity contribution in [2.75, 3.05) is 17.2 Å². The SMILES string of the molecule is CCOC(=O)/C=C1/Nc2cc(Cl)c(Cl)cc2NC1=O. The molecule has 0 fully saturated rings. The fourth-order valence-electron chi connectivity index (χ4n) is 1.55. The predicted molar refractivity (Wildman–Crippen MR) is 73.4 cm³/mol. The molecule has 19 heavy (non-hydrogen) atoms. The lowest BCUT2D eigenvalue weighted by Crippen LogP contribution is -2.26. The average molecular weight is 301 g/mol. The first kappa shape index (κ1) is 13.7. The van der Waals surface area contributed by atoms with Crippen molar-refractivity contribution in [2.24, 2.45) is 0 Å². The molecule has 0 radical (unpaired) electrons. The maximum atomic E-state index is 11.8. The minimum absolute atomic E-state index is 0.0874. The number of nitrogens with one attached hydrogen (secondary N) is 2. The minimum atomic E-state index is -0.594. The lowest BCUT2D eigenvalue weighted by atomic mass is 10.2. The van der Waals surface area contributed by atoms with E-state index in [1.165, 1.54) is 6.07 Å². The maximum absolute atomic E-state index is 11.8. The van der Waals surface area contributed by atoms with E-state index in [9.17, 15) is 9.59 Å². The molecule has 0 saturated carbocycles. The summed E-state index contributed by atoms with van der Waals surface area (Å²) >= 11 is 11.7. The van der Waals surface area contributed by atoms with Gasteiger partial charge in [0.1, 0.15) is 5.70 Å². The summed E-state index contributed by atoms with van der Waals surface area (Å²) in [6, 6.07) is 3.10. The lowest BCUT2D eigenvalue weighted by molar-refractivity contribution is -0.137. The van der Waals surface area contributed by atoms with Gasteiger partial charge in [-0.1, -0.05) is 23.2 Å². The van der Waals surface area contributed by atoms with Gasteiger partial charge in [0, 0.05) is 0 Å². The third kappa shape index (κ3) is 3.00. The summed E-state index contributed by atoms with van der Waals surface area (Å²) < 4.78 is 4.74. The van der Waals surface area contributed by atoms with Gasteiger partial charge in [-0.25, -0.2) is 4.79 Å². The summed E-state index contributed by atoms with van der Waals surface area (Å²) in [5.74, 6) is -1.04. The predicted octanol–water partition coefficient (Wildman–Crippen LogP) is 2.80. The fourth-order valence-corrected chi connectivity index (χ4v) is 1.88. The molecule has 7 heteroatoms. The number of benzene rings is 1. The Kier molecular flexibility index (Phi) is 3.97. The van der Waals surface area contributed by atoms with Crippen molar-refractivity contribution in [3.63, 3.8) is 0 Å². The maximum Gasteiger partial charge on any atom is 0.333 e. The molecule has 1 heterocycles. The number of carbonyl (C=O) groups is 2. The van der Waals surface area contributed by atoms with E-state index >= 15 is 0 Å². The summed E-state index contributed by atoms with van der Waals surface area (Å²) in [4.78, 5) is 23.1. The standard InChI is InChI=1S/C12H10Cl2N2O3/c1-2-19-11(17)5-10-12(18)16-9-4-7(14)6(13)3-8(9)15-10/h3-5,15H,2H2,1H3,(H,16,18)/b10-5+. The van der Waals surface area contributed by atoms with Gasteiger partial charge in [-0.2, -0.15) is 0 Å². The topological polar surface area (TPSA) is 67.4 Å². The molecule has 5 nitrogen and oxygen atoms in total. The van der Waals surface area contributed by atoms with Crippen LogP contribution in [0.3, 0.4) is 0 Å². The fraction of sp³-hybridized carbons (Fsp3) is 0.167. The lowest BCUT2D eigenvalue weighted by Gasteiger charge is -2.21. The van der Waals surface area contributed by atoms with Crippen LogP contribution < -0.4 is 10.6 Å². The van der Waals surface area contributed by atoms with Crippen LogP contribution >= 0.6 is 23.2 Å². The third-order valence-electron chi connectivity index (χ3n) is 2.37. The van der Waals surface area contributed by atoms with E-state index in [2.05, 4.69) is 10.6 Å². The number of carbonyl (C=O) groups excluding carboxylic acids is 2. The van der Waals surface area contributed by atoms with Crippen LogP contribution in [-0.2, 0) is 14.3 Å². The number of halogens is 2. The second-order valence-corrected chi connectivity index (χ2v) is 4.52. The molecule has 0 spiro atoms. The molecular weight excluding hydrogens is 291 g/mol. The van der Waals surface area contributed by atoms with E-state index in [4.69, 9.17) is 27.9 Å². The van der Waals surface area contributed by atoms with Gasteiger partial charge in [0.2, 0.25) is 0 Å². The van der Waals surface area contributed by atoms with Crippen LogP contribution in [0, 0.1) is 0 Å². The van der Waals surface area contributed by atoms with E-state index < -0.39 is 11.9 Å². The number of hydrogen-bond donors (Lipinski definition) is 2. The second kappa shape index (κ2) is 5.50. The number of amides is 1. The van der Waals surface area contributed by atoms with E-state index in [0.29, 0.717) is 21.4 Å². The molecule has 1 aromatic carbocycles. The Bertz CT molecular complexity index is 585. The van der Waals surface area contributed by atoms with E-state index in [0.717, 1.165) is 6.08 Å². The first-order valence-electron chi connectivity index (χ1n) is 5.47. The third-order valence-corrected chi connectivity index (χ3v) is 3.09. The molecule has 2 rings (SSSR count). The van der Waals surface area contributed by atoms with Gasteiger partial charge in [-0.15, -0.1) is 0 Å². The molecule has 1 amide bonds. The summed E-state index contributed by atoms with van der Waals surface area (Å²) in [6.45, 7) is 1.92. The first-order chi connectivity index (χ1) is 9.01. The van der Waals surface area contributed by atoms with Crippen molar-refractivity contribution in [3.8, 4) is 0 Å². The molecule has 2 N–H and O–H groups in total. The van der Waals surface area contributed by atoms with Gasteiger partial charge < -0.3 is 15.4 Å². The van der Waals surface area contributed by atoms with Crippen LogP contribution in [-0.4, -0.2) is 18.5 Å². The van der Waals surface area contributed by atoms with Crippen molar-refractivity contribution < 1.29 is 14.3 Å². The Balaban J connectivity index is 2.31. The Morgan fingerprint density at radius 2 is 1.84 bits per heavy atom. The first-order valence-corrected chi connectivity index (χ1v) is 6.22. The zero-order valence-electron chi connectivity index (χ0n) is 9.92. The summed E-state index contributed by atoms with van der Waals surface area (Å²) in [5, 5.41) is 6.09. The summed E-state index contributed by atoms with van der Waals surface area (Å²) in [6.07, 6.45) is 1.09. The number of rotatable bonds is 2. The minimum Gasteiger partial charge on any atom is -0.463 e. The summed E-state index contributed by atoms with van der Waals surface area (Å²) in [7, 11) is 0. The molecule has 0 saturated heterocycles. The van der Waals surface area contributed by atoms with Gasteiger partial charge in [0.15, 0.2) is 0 Å². The molecule has 0 unspecified atom stereocenters. The largest absolute Gasteiger partial charge is 0.463 e. The zero-order valence-corrected chi connectivity index (χ0v) is 11.4. The van der Waals surface area contributed by atoms with Crippen molar-refractivity contribution >= 4 is 46.5 Å². The van der Waals surface area contributed by atoms with Crippen molar-refractivity contribution in [3.05, 3.63) is 34.0 Å². The number of fused-ring (bicyclic) bond motifs is 1. The van der Waals surface area contributed by atoms with Crippen LogP contribution in [0.4, 0.5) is 11.4 Å². The normalized spacial score (nSPS) is 15.5. The number of esters is 1. The Labute approximate surface area is 119 Å². The van der Waals surface area contributed by atoms with E-state index in [-0.39, 0.29) is 12.3 Å². The van der Waals surface area contributed by atoms with Crippen LogP contribution in [0.1, 0.15) is 6.92 Å². The highest BCUT2D eigenvalue weighted by atomic mass is 35.5. The Morgan fingerprint density at radius 1 is 1.26 bits per heavy atom. The Morgan fingerprint density at radius 3 is 2.42 bits per heavy atom. The van der Waals surface area contributed by atoms with Crippen LogP contribution in [0.2, 0.25) is 10.0 Å². The quantitative estimate of drug-likeness (QED) is 0.651. The zero-order chi connectivity index (χ0) is 14.0. The molecular formula is C12H10Cl2N2O3. The highest BCUT2D eigenvalue weighted by Crippen LogP contribution is 2.35. The highest BCUT2D eigenvalue weighted by molar-refractivity contribution is 6.42. The monoisotopic (exact) mass is 300 g/mol. The molecule has 1 aromatic rings. The smallest absolute Gasteiger partial charge is 0.333 e. The number of anilines is 2. The van der Waals surface area contributed by atoms with Gasteiger partial charge in [-0.3, -0.25) is 4.79 Å². The Hall–Kier alpha value is -1.72. The number of ether oxygens (including phenoxy) is 1. The summed E-state index contributed by atoms with van der Waals surface area (Å²) in [5.41, 5.74) is 1.15. The second-order valence-electron chi connectivity index (χ2n) is 3.70. The molecule has 1 aliphatic heterocycles. The molecule has 0 atom stereocenters. The molecule has 1 aliphatic rings. The molecule has 100 valence electrons. The van der Waals surface area contributed by atoms with Crippen molar-refractivity contribution in [1.29, 1.82) is 0 Å². The van der Waals surface area contributed by atoms with Gasteiger partial charge in [0.25, 0.3) is 5.91 Å². The van der Waals surface area contributed by atoms with E-state index in [1.807, 2.05) is 0 Å². The van der Waals surface area contributed by atoms with Crippen LogP contribution in [0.5, 0.6) is 0 Å². The van der Waals surface area contributed by atoms with Crippen molar-refractivity contribution in [2.45, 2.75) is 6.92 Å². The van der Waals surface area contributed by atoms with Gasteiger partial charge in [-0.05, 0) is 19.1 Å². The van der Waals surface area contributed by atoms with Crippen LogP contribution in [0.15, 0.2) is 23.9 Å². The van der Waals surface area contributed by atoms with Crippen LogP contribution in [0.25, 0.3) is 0 Å².